The van der Waals surface area contributed by atoms with E-state index < -0.39 is 0 Å². The second-order valence-electron chi connectivity index (χ2n) is 4.70. The molecular weight excluding hydrogens is 190 g/mol. The quantitative estimate of drug-likeness (QED) is 0.655. The Morgan fingerprint density at radius 2 is 2.21 bits per heavy atom. The van der Waals surface area contributed by atoms with Crippen LogP contribution in [-0.4, -0.2) is 30.3 Å². The number of hydrogen-bond acceptors (Lipinski definition) is 2. The Kier molecular flexibility index (Phi) is 3.56. The molecule has 2 rings (SSSR count). The molecule has 0 aromatic heterocycles. The van der Waals surface area contributed by atoms with E-state index in [1.807, 2.05) is 0 Å². The topological polar surface area (TPSA) is 3.24 Å². The van der Waals surface area contributed by atoms with Crippen molar-refractivity contribution < 1.29 is 0 Å². The third-order valence-corrected chi connectivity index (χ3v) is 4.71. The fourth-order valence-corrected chi connectivity index (χ4v) is 3.68. The molecule has 0 spiro atoms. The fourth-order valence-electron chi connectivity index (χ4n) is 2.40. The Labute approximate surface area is 91.9 Å². The zero-order valence-electron chi connectivity index (χ0n) is 9.33. The fraction of sp³-hybridized carbons (Fsp3) is 0.833. The number of hydrogen-bond donors (Lipinski definition) is 0. The zero-order chi connectivity index (χ0) is 9.97. The number of likely N-dealkylation sites (tertiary alicyclic amines) is 1. The average Bonchev–Trinajstić information content (AvgIpc) is 2.46. The van der Waals surface area contributed by atoms with E-state index in [4.69, 9.17) is 0 Å². The predicted octanol–water partition coefficient (Wildman–Crippen LogP) is 3.13. The molecule has 0 bridgehead atoms. The van der Waals surface area contributed by atoms with Crippen molar-refractivity contribution in [1.29, 1.82) is 0 Å². The van der Waals surface area contributed by atoms with E-state index in [2.05, 4.69) is 36.7 Å². The van der Waals surface area contributed by atoms with Crippen LogP contribution in [0.25, 0.3) is 0 Å². The SMILES string of the molecule is C[C@@H]1CC=C(C2CCCN(C)CC2)S1. The van der Waals surface area contributed by atoms with Gasteiger partial charge in [-0.05, 0) is 56.6 Å². The number of rotatable bonds is 1. The van der Waals surface area contributed by atoms with Gasteiger partial charge < -0.3 is 4.90 Å². The molecule has 2 atom stereocenters. The lowest BCUT2D eigenvalue weighted by Gasteiger charge is -2.16. The normalized spacial score (nSPS) is 35.4. The lowest BCUT2D eigenvalue weighted by atomic mass is 9.99. The Morgan fingerprint density at radius 1 is 1.36 bits per heavy atom. The monoisotopic (exact) mass is 211 g/mol. The van der Waals surface area contributed by atoms with Crippen molar-refractivity contribution in [3.63, 3.8) is 0 Å². The molecule has 1 saturated heterocycles. The van der Waals surface area contributed by atoms with Crippen LogP contribution in [0.5, 0.6) is 0 Å². The standard InChI is InChI=1S/C12H21NS/c1-10-5-6-12(14-10)11-4-3-8-13(2)9-7-11/h6,10-11H,3-5,7-9H2,1-2H3/t10-,11?/m1/s1. The molecule has 2 aliphatic heterocycles. The van der Waals surface area contributed by atoms with Gasteiger partial charge in [0, 0.05) is 5.25 Å². The van der Waals surface area contributed by atoms with Gasteiger partial charge in [-0.2, -0.15) is 0 Å². The molecule has 2 heterocycles. The van der Waals surface area contributed by atoms with Crippen LogP contribution < -0.4 is 0 Å². The van der Waals surface area contributed by atoms with E-state index in [9.17, 15) is 0 Å². The molecule has 2 heteroatoms. The summed E-state index contributed by atoms with van der Waals surface area (Å²) in [6.45, 7) is 4.93. The predicted molar refractivity (Wildman–Crippen MR) is 64.6 cm³/mol. The largest absolute Gasteiger partial charge is 0.306 e. The van der Waals surface area contributed by atoms with Gasteiger partial charge in [-0.1, -0.05) is 13.0 Å². The van der Waals surface area contributed by atoms with Gasteiger partial charge in [0.2, 0.25) is 0 Å². The molecule has 14 heavy (non-hydrogen) atoms. The van der Waals surface area contributed by atoms with E-state index in [1.54, 1.807) is 4.91 Å². The van der Waals surface area contributed by atoms with Crippen molar-refractivity contribution in [2.75, 3.05) is 20.1 Å². The van der Waals surface area contributed by atoms with E-state index in [0.717, 1.165) is 11.2 Å². The second kappa shape index (κ2) is 4.71. The summed E-state index contributed by atoms with van der Waals surface area (Å²) in [6.07, 6.45) is 7.96. The molecule has 0 aromatic rings. The summed E-state index contributed by atoms with van der Waals surface area (Å²) in [5, 5.41) is 0.839. The molecule has 0 aromatic carbocycles. The highest BCUT2D eigenvalue weighted by molar-refractivity contribution is 8.03. The minimum absolute atomic E-state index is 0.839. The number of allylic oxidation sites excluding steroid dienone is 2. The van der Waals surface area contributed by atoms with Crippen LogP contribution in [0.4, 0.5) is 0 Å². The third-order valence-electron chi connectivity index (χ3n) is 3.34. The molecule has 80 valence electrons. The van der Waals surface area contributed by atoms with Crippen LogP contribution in [-0.2, 0) is 0 Å². The second-order valence-corrected chi connectivity index (χ2v) is 6.21. The summed E-state index contributed by atoms with van der Waals surface area (Å²) in [4.78, 5) is 4.18. The van der Waals surface area contributed by atoms with Gasteiger partial charge in [0.05, 0.1) is 0 Å². The molecular formula is C12H21NS. The van der Waals surface area contributed by atoms with Gasteiger partial charge >= 0.3 is 0 Å². The zero-order valence-corrected chi connectivity index (χ0v) is 10.1. The Hall–Kier alpha value is 0.0500. The molecule has 2 aliphatic rings. The third kappa shape index (κ3) is 2.54. The van der Waals surface area contributed by atoms with Crippen molar-refractivity contribution in [2.24, 2.45) is 5.92 Å². The lowest BCUT2D eigenvalue weighted by Crippen LogP contribution is -2.18. The van der Waals surface area contributed by atoms with Crippen molar-refractivity contribution >= 4 is 11.8 Å². The minimum atomic E-state index is 0.839. The van der Waals surface area contributed by atoms with Gasteiger partial charge in [0.15, 0.2) is 0 Å². The number of thioether (sulfide) groups is 1. The van der Waals surface area contributed by atoms with Crippen LogP contribution in [0, 0.1) is 5.92 Å². The van der Waals surface area contributed by atoms with Crippen LogP contribution >= 0.6 is 11.8 Å². The molecule has 0 aliphatic carbocycles. The van der Waals surface area contributed by atoms with Crippen molar-refractivity contribution in [2.45, 2.75) is 37.9 Å². The van der Waals surface area contributed by atoms with Crippen LogP contribution in [0.2, 0.25) is 0 Å². The first-order valence-electron chi connectivity index (χ1n) is 5.81. The highest BCUT2D eigenvalue weighted by atomic mass is 32.2. The average molecular weight is 211 g/mol. The maximum Gasteiger partial charge on any atom is 0.00977 e. The van der Waals surface area contributed by atoms with Gasteiger partial charge in [-0.25, -0.2) is 0 Å². The Morgan fingerprint density at radius 3 is 2.93 bits per heavy atom. The van der Waals surface area contributed by atoms with Crippen LogP contribution in [0.1, 0.15) is 32.6 Å². The summed E-state index contributed by atoms with van der Waals surface area (Å²) in [5.74, 6) is 0.884. The first-order chi connectivity index (χ1) is 6.75. The molecule has 1 unspecified atom stereocenters. The molecule has 1 nitrogen and oxygen atoms in total. The van der Waals surface area contributed by atoms with E-state index in [0.29, 0.717) is 0 Å². The highest BCUT2D eigenvalue weighted by Gasteiger charge is 2.23. The Bertz CT molecular complexity index is 224. The minimum Gasteiger partial charge on any atom is -0.306 e. The molecule has 0 radical (unpaired) electrons. The maximum atomic E-state index is 2.49. The van der Waals surface area contributed by atoms with Gasteiger partial charge in [-0.3, -0.25) is 0 Å². The molecule has 0 N–H and O–H groups in total. The summed E-state index contributed by atoms with van der Waals surface area (Å²) < 4.78 is 0. The van der Waals surface area contributed by atoms with Gasteiger partial charge in [-0.15, -0.1) is 11.8 Å². The van der Waals surface area contributed by atoms with Gasteiger partial charge in [0.25, 0.3) is 0 Å². The van der Waals surface area contributed by atoms with E-state index in [1.165, 1.54) is 38.8 Å². The van der Waals surface area contributed by atoms with Crippen molar-refractivity contribution in [3.05, 3.63) is 11.0 Å². The van der Waals surface area contributed by atoms with Crippen LogP contribution in [0.3, 0.4) is 0 Å². The van der Waals surface area contributed by atoms with E-state index >= 15 is 0 Å². The smallest absolute Gasteiger partial charge is 0.00977 e. The first-order valence-corrected chi connectivity index (χ1v) is 6.69. The molecule has 1 fully saturated rings. The summed E-state index contributed by atoms with van der Waals surface area (Å²) in [6, 6.07) is 0. The van der Waals surface area contributed by atoms with Crippen LogP contribution in [0.15, 0.2) is 11.0 Å². The van der Waals surface area contributed by atoms with Crippen molar-refractivity contribution in [3.8, 4) is 0 Å². The number of nitrogens with zero attached hydrogens (tertiary/aromatic N) is 1. The van der Waals surface area contributed by atoms with Gasteiger partial charge in [0.1, 0.15) is 0 Å². The molecule has 0 amide bonds. The first kappa shape index (κ1) is 10.6. The van der Waals surface area contributed by atoms with E-state index in [-0.39, 0.29) is 0 Å². The maximum absolute atomic E-state index is 2.49. The lowest BCUT2D eigenvalue weighted by molar-refractivity contribution is 0.346. The summed E-state index contributed by atoms with van der Waals surface area (Å²) >= 11 is 2.13. The Balaban J connectivity index is 1.91. The highest BCUT2D eigenvalue weighted by Crippen LogP contribution is 2.40. The van der Waals surface area contributed by atoms with Crippen molar-refractivity contribution in [1.82, 2.24) is 4.90 Å². The summed E-state index contributed by atoms with van der Waals surface area (Å²) in [5.41, 5.74) is 0. The summed E-state index contributed by atoms with van der Waals surface area (Å²) in [7, 11) is 2.25. The molecule has 0 saturated carbocycles.